The molecule has 0 radical (unpaired) electrons. The van der Waals surface area contributed by atoms with Crippen molar-refractivity contribution < 1.29 is 23.9 Å². The molecule has 0 aliphatic carbocycles. The zero-order valence-corrected chi connectivity index (χ0v) is 19.4. The highest BCUT2D eigenvalue weighted by Gasteiger charge is 2.18. The van der Waals surface area contributed by atoms with Gasteiger partial charge in [-0.1, -0.05) is 11.3 Å². The quantitative estimate of drug-likeness (QED) is 0.528. The first kappa shape index (κ1) is 23.5. The minimum Gasteiger partial charge on any atom is -0.462 e. The summed E-state index contributed by atoms with van der Waals surface area (Å²) in [6.07, 6.45) is 2.10. The third kappa shape index (κ3) is 6.18. The molecule has 2 aromatic rings. The van der Waals surface area contributed by atoms with Crippen LogP contribution >= 0.6 is 23.1 Å². The number of hydrogen-bond acceptors (Lipinski definition) is 7. The first-order valence-electron chi connectivity index (χ1n) is 10.3. The second kappa shape index (κ2) is 11.4. The van der Waals surface area contributed by atoms with Crippen molar-refractivity contribution in [2.24, 2.45) is 4.99 Å². The number of aromatic nitrogens is 1. The van der Waals surface area contributed by atoms with Crippen molar-refractivity contribution in [2.45, 2.75) is 26.3 Å². The molecule has 8 nitrogen and oxygen atoms in total. The van der Waals surface area contributed by atoms with Crippen molar-refractivity contribution in [3.63, 3.8) is 0 Å². The maximum atomic E-state index is 12.5. The first-order chi connectivity index (χ1) is 15.0. The smallest absolute Gasteiger partial charge is 0.338 e. The van der Waals surface area contributed by atoms with Gasteiger partial charge in [-0.3, -0.25) is 9.59 Å². The second-order valence-corrected chi connectivity index (χ2v) is 9.01. The van der Waals surface area contributed by atoms with Crippen LogP contribution < -0.4 is 4.80 Å². The molecular formula is C21H27N3O5S2. The van der Waals surface area contributed by atoms with E-state index in [1.54, 1.807) is 26.2 Å². The summed E-state index contributed by atoms with van der Waals surface area (Å²) in [5.41, 5.74) is 1.34. The third-order valence-electron chi connectivity index (χ3n) is 4.84. The molecule has 10 heteroatoms. The Labute approximate surface area is 189 Å². The van der Waals surface area contributed by atoms with Crippen molar-refractivity contribution in [2.75, 3.05) is 44.9 Å². The maximum absolute atomic E-state index is 12.5. The molecule has 1 aromatic carbocycles. The van der Waals surface area contributed by atoms with Gasteiger partial charge in [0, 0.05) is 26.7 Å². The summed E-state index contributed by atoms with van der Waals surface area (Å²) in [4.78, 5) is 43.3. The van der Waals surface area contributed by atoms with Gasteiger partial charge >= 0.3 is 5.97 Å². The van der Waals surface area contributed by atoms with Crippen LogP contribution in [-0.2, 0) is 25.6 Å². The number of thioether (sulfide) groups is 1. The molecule has 0 saturated carbocycles. The Hall–Kier alpha value is -2.17. The van der Waals surface area contributed by atoms with Crippen LogP contribution in [-0.4, -0.2) is 72.2 Å². The topological polar surface area (TPSA) is 90.2 Å². The highest BCUT2D eigenvalue weighted by molar-refractivity contribution is 8.00. The summed E-state index contributed by atoms with van der Waals surface area (Å²) in [6, 6.07) is 5.30. The number of esters is 1. The standard InChI is InChI=1S/C21H27N3O5S2/c1-3-29-20(27)15-6-7-16-17(12-15)31-21(24(16)10-11-28-2)22-18(25)13-30-14-19(26)23-8-4-5-9-23/h6-7,12H,3-5,8-11,13-14H2,1-2H3. The largest absolute Gasteiger partial charge is 0.462 e. The lowest BCUT2D eigenvalue weighted by atomic mass is 10.2. The van der Waals surface area contributed by atoms with Crippen LogP contribution in [0.3, 0.4) is 0 Å². The molecule has 2 amide bonds. The highest BCUT2D eigenvalue weighted by Crippen LogP contribution is 2.20. The third-order valence-corrected chi connectivity index (χ3v) is 6.79. The van der Waals surface area contributed by atoms with E-state index in [1.807, 2.05) is 15.5 Å². The summed E-state index contributed by atoms with van der Waals surface area (Å²) in [5.74, 6) is -0.150. The second-order valence-electron chi connectivity index (χ2n) is 7.02. The molecule has 2 heterocycles. The van der Waals surface area contributed by atoms with Crippen molar-refractivity contribution in [3.05, 3.63) is 28.6 Å². The fourth-order valence-corrected chi connectivity index (χ4v) is 5.13. The van der Waals surface area contributed by atoms with Gasteiger partial charge < -0.3 is 18.9 Å². The van der Waals surface area contributed by atoms with E-state index in [9.17, 15) is 14.4 Å². The molecule has 1 saturated heterocycles. The van der Waals surface area contributed by atoms with Gasteiger partial charge in [0.15, 0.2) is 4.80 Å². The molecule has 3 rings (SSSR count). The average molecular weight is 466 g/mol. The summed E-state index contributed by atoms with van der Waals surface area (Å²) in [5, 5.41) is 0. The van der Waals surface area contributed by atoms with Gasteiger partial charge in [0.25, 0.3) is 5.91 Å². The lowest BCUT2D eigenvalue weighted by Crippen LogP contribution is -2.29. The molecule has 1 fully saturated rings. The van der Waals surface area contributed by atoms with Gasteiger partial charge in [-0.2, -0.15) is 4.99 Å². The number of hydrogen-bond donors (Lipinski definition) is 0. The number of methoxy groups -OCH3 is 1. The van der Waals surface area contributed by atoms with Crippen molar-refractivity contribution >= 4 is 51.1 Å². The van der Waals surface area contributed by atoms with E-state index in [4.69, 9.17) is 9.47 Å². The molecule has 1 aliphatic heterocycles. The number of ether oxygens (including phenoxy) is 2. The minimum absolute atomic E-state index is 0.0822. The van der Waals surface area contributed by atoms with E-state index in [1.165, 1.54) is 23.1 Å². The summed E-state index contributed by atoms with van der Waals surface area (Å²) in [7, 11) is 1.62. The predicted octanol–water partition coefficient (Wildman–Crippen LogP) is 2.31. The molecular weight excluding hydrogens is 438 g/mol. The van der Waals surface area contributed by atoms with Gasteiger partial charge in [-0.25, -0.2) is 4.79 Å². The Morgan fingerprint density at radius 3 is 2.68 bits per heavy atom. The van der Waals surface area contributed by atoms with E-state index < -0.39 is 0 Å². The van der Waals surface area contributed by atoms with Crippen LogP contribution in [0.2, 0.25) is 0 Å². The number of benzene rings is 1. The summed E-state index contributed by atoms with van der Waals surface area (Å²) < 4.78 is 13.0. The zero-order valence-electron chi connectivity index (χ0n) is 17.8. The Bertz CT molecular complexity index is 1010. The molecule has 0 spiro atoms. The van der Waals surface area contributed by atoms with Gasteiger partial charge in [0.05, 0.1) is 40.5 Å². The number of nitrogens with zero attached hydrogens (tertiary/aromatic N) is 3. The predicted molar refractivity (Wildman–Crippen MR) is 121 cm³/mol. The normalized spacial score (nSPS) is 14.4. The Morgan fingerprint density at radius 1 is 1.19 bits per heavy atom. The number of fused-ring (bicyclic) bond motifs is 1. The van der Waals surface area contributed by atoms with Crippen LogP contribution in [0, 0.1) is 0 Å². The lowest BCUT2D eigenvalue weighted by Gasteiger charge is -2.14. The van der Waals surface area contributed by atoms with E-state index in [2.05, 4.69) is 4.99 Å². The van der Waals surface area contributed by atoms with E-state index in [0.29, 0.717) is 35.9 Å². The van der Waals surface area contributed by atoms with Gasteiger partial charge in [0.2, 0.25) is 5.91 Å². The molecule has 168 valence electrons. The number of amides is 2. The van der Waals surface area contributed by atoms with E-state index in [0.717, 1.165) is 36.1 Å². The van der Waals surface area contributed by atoms with Crippen molar-refractivity contribution in [3.8, 4) is 0 Å². The molecule has 0 atom stereocenters. The number of carbonyl (C=O) groups is 3. The van der Waals surface area contributed by atoms with Gasteiger partial charge in [-0.05, 0) is 38.0 Å². The zero-order chi connectivity index (χ0) is 22.2. The number of thiazole rings is 1. The van der Waals surface area contributed by atoms with Crippen LogP contribution in [0.1, 0.15) is 30.1 Å². The van der Waals surface area contributed by atoms with Crippen LogP contribution in [0.5, 0.6) is 0 Å². The lowest BCUT2D eigenvalue weighted by molar-refractivity contribution is -0.127. The molecule has 0 bridgehead atoms. The molecule has 0 unspecified atom stereocenters. The number of carbonyl (C=O) groups excluding carboxylic acids is 3. The molecule has 31 heavy (non-hydrogen) atoms. The Balaban J connectivity index is 1.76. The monoisotopic (exact) mass is 465 g/mol. The SMILES string of the molecule is CCOC(=O)c1ccc2c(c1)sc(=NC(=O)CSCC(=O)N1CCCC1)n2CCOC. The fourth-order valence-electron chi connectivity index (χ4n) is 3.32. The van der Waals surface area contributed by atoms with Crippen LogP contribution in [0.4, 0.5) is 0 Å². The van der Waals surface area contributed by atoms with Crippen LogP contribution in [0.25, 0.3) is 10.2 Å². The van der Waals surface area contributed by atoms with Gasteiger partial charge in [-0.15, -0.1) is 11.8 Å². The average Bonchev–Trinajstić information content (AvgIpc) is 3.40. The highest BCUT2D eigenvalue weighted by atomic mass is 32.2. The number of rotatable bonds is 9. The van der Waals surface area contributed by atoms with E-state index in [-0.39, 0.29) is 23.5 Å². The Kier molecular flexibility index (Phi) is 8.68. The van der Waals surface area contributed by atoms with Crippen LogP contribution in [0.15, 0.2) is 23.2 Å². The van der Waals surface area contributed by atoms with Crippen molar-refractivity contribution in [1.82, 2.24) is 9.47 Å². The Morgan fingerprint density at radius 2 is 1.97 bits per heavy atom. The fraction of sp³-hybridized carbons (Fsp3) is 0.524. The van der Waals surface area contributed by atoms with Crippen molar-refractivity contribution in [1.29, 1.82) is 0 Å². The summed E-state index contributed by atoms with van der Waals surface area (Å²) >= 11 is 2.63. The molecule has 0 N–H and O–H groups in total. The van der Waals surface area contributed by atoms with E-state index >= 15 is 0 Å². The molecule has 1 aromatic heterocycles. The first-order valence-corrected chi connectivity index (χ1v) is 12.2. The molecule has 1 aliphatic rings. The number of likely N-dealkylation sites (tertiary alicyclic amines) is 1. The minimum atomic E-state index is -0.380. The summed E-state index contributed by atoms with van der Waals surface area (Å²) in [6.45, 7) is 4.69. The maximum Gasteiger partial charge on any atom is 0.338 e. The van der Waals surface area contributed by atoms with Gasteiger partial charge in [0.1, 0.15) is 0 Å².